The fraction of sp³-hybridized carbons (Fsp3) is 0.167. The van der Waals surface area contributed by atoms with Gasteiger partial charge in [0.1, 0.15) is 12.1 Å². The maximum absolute atomic E-state index is 12.3. The van der Waals surface area contributed by atoms with Crippen molar-refractivity contribution < 1.29 is 13.2 Å². The maximum Gasteiger partial charge on any atom is 0.194 e. The van der Waals surface area contributed by atoms with Crippen LogP contribution in [0.2, 0.25) is 0 Å². The Hall–Kier alpha value is -4.45. The van der Waals surface area contributed by atoms with E-state index in [1.54, 1.807) is 30.0 Å². The van der Waals surface area contributed by atoms with Gasteiger partial charge < -0.3 is 5.32 Å². The van der Waals surface area contributed by atoms with Crippen LogP contribution >= 0.6 is 0 Å². The van der Waals surface area contributed by atoms with Gasteiger partial charge >= 0.3 is 0 Å². The van der Waals surface area contributed by atoms with Gasteiger partial charge in [-0.05, 0) is 69.3 Å². The number of carbonyl (C=O) groups excluding carboxylic acids is 1. The fourth-order valence-corrected chi connectivity index (χ4v) is 4.35. The first-order chi connectivity index (χ1) is 17.1. The Morgan fingerprint density at radius 2 is 1.81 bits per heavy atom. The first-order valence-electron chi connectivity index (χ1n) is 10.9. The number of benzene rings is 1. The molecule has 0 saturated carbocycles. The second kappa shape index (κ2) is 8.64. The number of imidazole rings is 1. The number of ketones is 1. The van der Waals surface area contributed by atoms with Crippen molar-refractivity contribution in [1.29, 1.82) is 0 Å². The molecule has 0 saturated heterocycles. The SMILES string of the molecule is CC(=O)c1ccc(-n2cnc3cc(Nc4ccc(C)nn4)ccc32)nc1-n1nc(S(C)(=O)=O)cc1C. The molecule has 1 aromatic carbocycles. The number of aromatic nitrogens is 7. The van der Waals surface area contributed by atoms with Gasteiger partial charge in [0, 0.05) is 17.6 Å². The summed E-state index contributed by atoms with van der Waals surface area (Å²) in [6.07, 6.45) is 2.72. The zero-order valence-corrected chi connectivity index (χ0v) is 20.8. The predicted molar refractivity (Wildman–Crippen MR) is 134 cm³/mol. The van der Waals surface area contributed by atoms with E-state index in [1.807, 2.05) is 37.3 Å². The summed E-state index contributed by atoms with van der Waals surface area (Å²) in [5.41, 5.74) is 3.99. The summed E-state index contributed by atoms with van der Waals surface area (Å²) in [6.45, 7) is 5.01. The van der Waals surface area contributed by atoms with Crippen LogP contribution in [0.25, 0.3) is 22.7 Å². The number of rotatable bonds is 6. The van der Waals surface area contributed by atoms with E-state index >= 15 is 0 Å². The predicted octanol–water partition coefficient (Wildman–Crippen LogP) is 3.36. The number of hydrogen-bond acceptors (Lipinski definition) is 9. The van der Waals surface area contributed by atoms with Gasteiger partial charge in [-0.1, -0.05) is 0 Å². The molecule has 0 fully saturated rings. The Labute approximate surface area is 206 Å². The van der Waals surface area contributed by atoms with Crippen molar-refractivity contribution in [3.63, 3.8) is 0 Å². The number of fused-ring (bicyclic) bond motifs is 1. The van der Waals surface area contributed by atoms with E-state index in [2.05, 4.69) is 30.6 Å². The molecule has 0 bridgehead atoms. The molecule has 1 N–H and O–H groups in total. The van der Waals surface area contributed by atoms with Gasteiger partial charge in [0.25, 0.3) is 0 Å². The molecular weight excluding hydrogens is 480 g/mol. The molecule has 0 aliphatic heterocycles. The lowest BCUT2D eigenvalue weighted by Crippen LogP contribution is -2.12. The Morgan fingerprint density at radius 3 is 2.47 bits per heavy atom. The second-order valence-corrected chi connectivity index (χ2v) is 10.4. The Morgan fingerprint density at radius 1 is 1.00 bits per heavy atom. The van der Waals surface area contributed by atoms with Crippen molar-refractivity contribution in [2.24, 2.45) is 0 Å². The highest BCUT2D eigenvalue weighted by Gasteiger charge is 2.20. The molecule has 182 valence electrons. The van der Waals surface area contributed by atoms with Gasteiger partial charge in [0.05, 0.1) is 22.3 Å². The second-order valence-electron chi connectivity index (χ2n) is 8.41. The van der Waals surface area contributed by atoms with Crippen LogP contribution in [0, 0.1) is 13.8 Å². The minimum absolute atomic E-state index is 0.0897. The van der Waals surface area contributed by atoms with E-state index in [0.29, 0.717) is 28.4 Å². The monoisotopic (exact) mass is 502 g/mol. The number of Topliss-reactive ketones (excluding diaryl/α,β-unsaturated/α-hetero) is 1. The molecule has 0 spiro atoms. The van der Waals surface area contributed by atoms with Gasteiger partial charge in [-0.15, -0.1) is 5.10 Å². The highest BCUT2D eigenvalue weighted by molar-refractivity contribution is 7.90. The third kappa shape index (κ3) is 4.33. The zero-order valence-electron chi connectivity index (χ0n) is 20.0. The zero-order chi connectivity index (χ0) is 25.6. The third-order valence-corrected chi connectivity index (χ3v) is 6.51. The minimum atomic E-state index is -3.53. The van der Waals surface area contributed by atoms with Gasteiger partial charge in [0.2, 0.25) is 0 Å². The lowest BCUT2D eigenvalue weighted by atomic mass is 10.2. The van der Waals surface area contributed by atoms with Crippen LogP contribution in [0.1, 0.15) is 28.7 Å². The molecule has 0 amide bonds. The number of nitrogens with zero attached hydrogens (tertiary/aromatic N) is 7. The molecule has 0 unspecified atom stereocenters. The Balaban J connectivity index is 1.56. The lowest BCUT2D eigenvalue weighted by Gasteiger charge is -2.12. The maximum atomic E-state index is 12.3. The largest absolute Gasteiger partial charge is 0.339 e. The first-order valence-corrected chi connectivity index (χ1v) is 12.8. The fourth-order valence-electron chi connectivity index (χ4n) is 3.74. The third-order valence-electron chi connectivity index (χ3n) is 5.55. The number of anilines is 2. The summed E-state index contributed by atoms with van der Waals surface area (Å²) in [4.78, 5) is 21.5. The van der Waals surface area contributed by atoms with E-state index in [-0.39, 0.29) is 16.6 Å². The molecule has 5 aromatic rings. The smallest absolute Gasteiger partial charge is 0.194 e. The van der Waals surface area contributed by atoms with Crippen LogP contribution in [0.5, 0.6) is 0 Å². The van der Waals surface area contributed by atoms with Crippen molar-refractivity contribution in [3.05, 3.63) is 71.8 Å². The summed E-state index contributed by atoms with van der Waals surface area (Å²) >= 11 is 0. The van der Waals surface area contributed by atoms with Gasteiger partial charge in [-0.2, -0.15) is 10.2 Å². The summed E-state index contributed by atoms with van der Waals surface area (Å²) in [6, 6.07) is 14.2. The molecule has 5 rings (SSSR count). The quantitative estimate of drug-likeness (QED) is 0.346. The van der Waals surface area contributed by atoms with E-state index in [9.17, 15) is 13.2 Å². The van der Waals surface area contributed by atoms with Gasteiger partial charge in [-0.25, -0.2) is 23.1 Å². The minimum Gasteiger partial charge on any atom is -0.339 e. The first kappa shape index (κ1) is 23.3. The number of hydrogen-bond donors (Lipinski definition) is 1. The van der Waals surface area contributed by atoms with E-state index in [0.717, 1.165) is 23.2 Å². The summed E-state index contributed by atoms with van der Waals surface area (Å²) in [7, 11) is -3.53. The normalized spacial score (nSPS) is 11.7. The molecule has 0 radical (unpaired) electrons. The average molecular weight is 503 g/mol. The van der Waals surface area contributed by atoms with Crippen molar-refractivity contribution in [2.75, 3.05) is 11.6 Å². The van der Waals surface area contributed by atoms with Crippen molar-refractivity contribution in [3.8, 4) is 11.6 Å². The topological polar surface area (TPSA) is 138 Å². The van der Waals surface area contributed by atoms with E-state index in [1.165, 1.54) is 17.7 Å². The number of sulfone groups is 1. The molecule has 0 aliphatic rings. The average Bonchev–Trinajstić information content (AvgIpc) is 3.43. The van der Waals surface area contributed by atoms with E-state index in [4.69, 9.17) is 0 Å². The molecule has 0 aliphatic carbocycles. The number of aryl methyl sites for hydroxylation is 2. The highest BCUT2D eigenvalue weighted by Crippen LogP contribution is 2.25. The van der Waals surface area contributed by atoms with Crippen LogP contribution in [-0.4, -0.2) is 55.0 Å². The summed E-state index contributed by atoms with van der Waals surface area (Å²) < 4.78 is 27.2. The summed E-state index contributed by atoms with van der Waals surface area (Å²) in [5, 5.41) is 15.5. The number of nitrogens with one attached hydrogen (secondary N) is 1. The van der Waals surface area contributed by atoms with Crippen LogP contribution in [0.15, 0.2) is 59.9 Å². The molecule has 4 heterocycles. The van der Waals surface area contributed by atoms with Crippen LogP contribution in [-0.2, 0) is 9.84 Å². The molecule has 4 aromatic heterocycles. The standard InChI is InChI=1S/C24H22N8O3S/c1-14-5-9-21(29-28-14)26-17-6-8-20-19(12-17)25-13-31(20)22-10-7-18(16(3)33)24(27-22)32-15(2)11-23(30-32)36(4,34)35/h5-13H,1-4H3,(H,26,29). The van der Waals surface area contributed by atoms with Crippen molar-refractivity contribution in [1.82, 2.24) is 34.5 Å². The van der Waals surface area contributed by atoms with Gasteiger partial charge in [0.15, 0.2) is 32.3 Å². The van der Waals surface area contributed by atoms with Gasteiger partial charge in [-0.3, -0.25) is 9.36 Å². The molecule has 11 nitrogen and oxygen atoms in total. The lowest BCUT2D eigenvalue weighted by molar-refractivity contribution is 0.101. The molecule has 0 atom stereocenters. The van der Waals surface area contributed by atoms with Crippen LogP contribution in [0.3, 0.4) is 0 Å². The van der Waals surface area contributed by atoms with Crippen LogP contribution < -0.4 is 5.32 Å². The van der Waals surface area contributed by atoms with Crippen molar-refractivity contribution in [2.45, 2.75) is 25.8 Å². The molecular formula is C24H22N8O3S. The number of pyridine rings is 1. The molecule has 36 heavy (non-hydrogen) atoms. The summed E-state index contributed by atoms with van der Waals surface area (Å²) in [5.74, 6) is 1.14. The molecule has 12 heteroatoms. The van der Waals surface area contributed by atoms with Crippen molar-refractivity contribution >= 4 is 38.2 Å². The number of carbonyl (C=O) groups is 1. The van der Waals surface area contributed by atoms with Crippen LogP contribution in [0.4, 0.5) is 11.5 Å². The Bertz CT molecular complexity index is 1740. The highest BCUT2D eigenvalue weighted by atomic mass is 32.2. The van der Waals surface area contributed by atoms with E-state index < -0.39 is 9.84 Å². The Kier molecular flexibility index (Phi) is 5.59.